The number of hydrogen-bond acceptors (Lipinski definition) is 4. The lowest BCUT2D eigenvalue weighted by atomic mass is 9.66. The molecule has 0 aromatic carbocycles. The third-order valence-corrected chi connectivity index (χ3v) is 4.74. The van der Waals surface area contributed by atoms with Crippen LogP contribution in [0.3, 0.4) is 0 Å². The standard InChI is InChI=1S/C11H19N3S/c1-14(2)10-13-8-9(15-10)11(6-7-12)4-3-5-11/h8H,3-7,12H2,1-2H3. The SMILES string of the molecule is CN(C)c1ncc(C2(CCN)CCC2)s1. The van der Waals surface area contributed by atoms with Crippen LogP contribution in [0.4, 0.5) is 5.13 Å². The molecule has 0 saturated heterocycles. The van der Waals surface area contributed by atoms with Crippen molar-refractivity contribution in [3.05, 3.63) is 11.1 Å². The number of nitrogens with zero attached hydrogens (tertiary/aromatic N) is 2. The van der Waals surface area contributed by atoms with E-state index in [2.05, 4.69) is 16.1 Å². The van der Waals surface area contributed by atoms with Crippen LogP contribution in [0.5, 0.6) is 0 Å². The van der Waals surface area contributed by atoms with Gasteiger partial charge in [0.1, 0.15) is 0 Å². The van der Waals surface area contributed by atoms with Gasteiger partial charge in [-0.15, -0.1) is 11.3 Å². The van der Waals surface area contributed by atoms with E-state index in [4.69, 9.17) is 5.73 Å². The summed E-state index contributed by atoms with van der Waals surface area (Å²) in [6.07, 6.45) is 7.09. The highest BCUT2D eigenvalue weighted by Crippen LogP contribution is 2.48. The molecule has 0 amide bonds. The van der Waals surface area contributed by atoms with E-state index >= 15 is 0 Å². The highest BCUT2D eigenvalue weighted by molar-refractivity contribution is 7.15. The minimum absolute atomic E-state index is 0.376. The van der Waals surface area contributed by atoms with Gasteiger partial charge < -0.3 is 10.6 Å². The molecule has 0 radical (unpaired) electrons. The quantitative estimate of drug-likeness (QED) is 0.852. The minimum Gasteiger partial charge on any atom is -0.354 e. The molecule has 4 heteroatoms. The van der Waals surface area contributed by atoms with Gasteiger partial charge in [-0.05, 0) is 25.8 Å². The van der Waals surface area contributed by atoms with Crippen molar-refractivity contribution in [1.82, 2.24) is 4.98 Å². The summed E-state index contributed by atoms with van der Waals surface area (Å²) in [6, 6.07) is 0. The summed E-state index contributed by atoms with van der Waals surface area (Å²) >= 11 is 1.82. The van der Waals surface area contributed by atoms with Gasteiger partial charge in [0, 0.05) is 30.6 Å². The summed E-state index contributed by atoms with van der Waals surface area (Å²) in [4.78, 5) is 7.96. The van der Waals surface area contributed by atoms with Crippen LogP contribution in [-0.4, -0.2) is 25.6 Å². The zero-order valence-corrected chi connectivity index (χ0v) is 10.3. The fourth-order valence-corrected chi connectivity index (χ4v) is 3.33. The van der Waals surface area contributed by atoms with Crippen LogP contribution < -0.4 is 10.6 Å². The van der Waals surface area contributed by atoms with Crippen molar-refractivity contribution in [3.63, 3.8) is 0 Å². The van der Waals surface area contributed by atoms with E-state index in [1.54, 1.807) is 0 Å². The van der Waals surface area contributed by atoms with E-state index in [1.807, 2.05) is 25.4 Å². The van der Waals surface area contributed by atoms with Gasteiger partial charge in [-0.3, -0.25) is 0 Å². The summed E-state index contributed by atoms with van der Waals surface area (Å²) < 4.78 is 0. The molecule has 3 nitrogen and oxygen atoms in total. The molecule has 2 N–H and O–H groups in total. The molecule has 1 saturated carbocycles. The van der Waals surface area contributed by atoms with Crippen molar-refractivity contribution >= 4 is 16.5 Å². The molecule has 84 valence electrons. The van der Waals surface area contributed by atoms with Crippen LogP contribution in [0.25, 0.3) is 0 Å². The van der Waals surface area contributed by atoms with Gasteiger partial charge in [0.2, 0.25) is 0 Å². The third-order valence-electron chi connectivity index (χ3n) is 3.33. The van der Waals surface area contributed by atoms with E-state index in [0.717, 1.165) is 18.1 Å². The van der Waals surface area contributed by atoms with E-state index in [1.165, 1.54) is 24.1 Å². The summed E-state index contributed by atoms with van der Waals surface area (Å²) in [7, 11) is 4.08. The maximum Gasteiger partial charge on any atom is 0.184 e. The van der Waals surface area contributed by atoms with E-state index in [9.17, 15) is 0 Å². The zero-order chi connectivity index (χ0) is 10.9. The molecule has 1 aromatic heterocycles. The second kappa shape index (κ2) is 4.10. The molecule has 1 aromatic rings. The third kappa shape index (κ3) is 1.88. The second-order valence-electron chi connectivity index (χ2n) is 4.57. The lowest BCUT2D eigenvalue weighted by Gasteiger charge is -2.40. The van der Waals surface area contributed by atoms with Crippen molar-refractivity contribution < 1.29 is 0 Å². The lowest BCUT2D eigenvalue weighted by molar-refractivity contribution is 0.234. The average Bonchev–Trinajstić information content (AvgIpc) is 2.60. The van der Waals surface area contributed by atoms with Gasteiger partial charge in [0.25, 0.3) is 0 Å². The van der Waals surface area contributed by atoms with Crippen molar-refractivity contribution in [2.24, 2.45) is 5.73 Å². The summed E-state index contributed by atoms with van der Waals surface area (Å²) in [5.41, 5.74) is 6.08. The number of rotatable bonds is 4. The Bertz CT molecular complexity index is 328. The predicted octanol–water partition coefficient (Wildman–Crippen LogP) is 1.98. The Morgan fingerprint density at radius 1 is 1.53 bits per heavy atom. The fourth-order valence-electron chi connectivity index (χ4n) is 2.22. The summed E-state index contributed by atoms with van der Waals surface area (Å²) in [5, 5.41) is 1.10. The number of hydrogen-bond donors (Lipinski definition) is 1. The van der Waals surface area contributed by atoms with Crippen LogP contribution in [-0.2, 0) is 5.41 Å². The Morgan fingerprint density at radius 3 is 2.67 bits per heavy atom. The van der Waals surface area contributed by atoms with Gasteiger partial charge in [-0.1, -0.05) is 6.42 Å². The van der Waals surface area contributed by atoms with Crippen molar-refractivity contribution in [2.75, 3.05) is 25.5 Å². The molecule has 2 rings (SSSR count). The predicted molar refractivity (Wildman–Crippen MR) is 65.6 cm³/mol. The first-order valence-electron chi connectivity index (χ1n) is 5.52. The number of aromatic nitrogens is 1. The monoisotopic (exact) mass is 225 g/mol. The highest BCUT2D eigenvalue weighted by atomic mass is 32.1. The van der Waals surface area contributed by atoms with Crippen molar-refractivity contribution in [2.45, 2.75) is 31.1 Å². The Hall–Kier alpha value is -0.610. The van der Waals surface area contributed by atoms with Crippen molar-refractivity contribution in [3.8, 4) is 0 Å². The number of anilines is 1. The van der Waals surface area contributed by atoms with Gasteiger partial charge in [0.15, 0.2) is 5.13 Å². The first kappa shape index (κ1) is 10.9. The average molecular weight is 225 g/mol. The first-order chi connectivity index (χ1) is 7.18. The molecular formula is C11H19N3S. The van der Waals surface area contributed by atoms with Gasteiger partial charge in [0.05, 0.1) is 0 Å². The topological polar surface area (TPSA) is 42.2 Å². The summed E-state index contributed by atoms with van der Waals surface area (Å²) in [6.45, 7) is 0.787. The van der Waals surface area contributed by atoms with Crippen LogP contribution in [0.15, 0.2) is 6.20 Å². The molecule has 0 atom stereocenters. The van der Waals surface area contributed by atoms with E-state index in [0.29, 0.717) is 5.41 Å². The molecule has 1 heterocycles. The maximum absolute atomic E-state index is 5.70. The Labute approximate surface area is 95.3 Å². The molecule has 1 aliphatic rings. The Morgan fingerprint density at radius 2 is 2.27 bits per heavy atom. The molecule has 1 aliphatic carbocycles. The molecule has 1 fully saturated rings. The van der Waals surface area contributed by atoms with Crippen molar-refractivity contribution in [1.29, 1.82) is 0 Å². The molecule has 0 spiro atoms. The van der Waals surface area contributed by atoms with Crippen LogP contribution in [0.2, 0.25) is 0 Å². The molecule has 15 heavy (non-hydrogen) atoms. The zero-order valence-electron chi connectivity index (χ0n) is 9.49. The summed E-state index contributed by atoms with van der Waals surface area (Å²) in [5.74, 6) is 0. The fraction of sp³-hybridized carbons (Fsp3) is 0.727. The molecule has 0 aliphatic heterocycles. The van der Waals surface area contributed by atoms with Crippen LogP contribution >= 0.6 is 11.3 Å². The molecule has 0 bridgehead atoms. The van der Waals surface area contributed by atoms with Gasteiger partial charge in [-0.25, -0.2) is 4.98 Å². The van der Waals surface area contributed by atoms with E-state index in [-0.39, 0.29) is 0 Å². The first-order valence-corrected chi connectivity index (χ1v) is 6.33. The van der Waals surface area contributed by atoms with Gasteiger partial charge in [-0.2, -0.15) is 0 Å². The smallest absolute Gasteiger partial charge is 0.184 e. The second-order valence-corrected chi connectivity index (χ2v) is 5.58. The number of nitrogens with two attached hydrogens (primary N) is 1. The van der Waals surface area contributed by atoms with Crippen LogP contribution in [0, 0.1) is 0 Å². The maximum atomic E-state index is 5.70. The Balaban J connectivity index is 2.19. The highest BCUT2D eigenvalue weighted by Gasteiger charge is 2.39. The van der Waals surface area contributed by atoms with E-state index < -0.39 is 0 Å². The molecular weight excluding hydrogens is 206 g/mol. The van der Waals surface area contributed by atoms with Crippen LogP contribution in [0.1, 0.15) is 30.6 Å². The molecule has 0 unspecified atom stereocenters. The largest absolute Gasteiger partial charge is 0.354 e. The lowest BCUT2D eigenvalue weighted by Crippen LogP contribution is -2.35. The number of thiazole rings is 1. The Kier molecular flexibility index (Phi) is 2.98. The normalized spacial score (nSPS) is 18.6. The minimum atomic E-state index is 0.376. The van der Waals surface area contributed by atoms with Gasteiger partial charge >= 0.3 is 0 Å².